The third-order valence-electron chi connectivity index (χ3n) is 3.31. The Morgan fingerprint density at radius 2 is 1.56 bits per heavy atom. The summed E-state index contributed by atoms with van der Waals surface area (Å²) < 4.78 is 0. The Bertz CT molecular complexity index is 243. The molecule has 0 unspecified atom stereocenters. The minimum Gasteiger partial charge on any atom is -0.481 e. The highest BCUT2D eigenvalue weighted by Crippen LogP contribution is 2.10. The van der Waals surface area contributed by atoms with Crippen LogP contribution in [-0.2, 0) is 4.79 Å². The summed E-state index contributed by atoms with van der Waals surface area (Å²) in [5.41, 5.74) is 0. The van der Waals surface area contributed by atoms with Crippen LogP contribution in [0.5, 0.6) is 0 Å². The van der Waals surface area contributed by atoms with Crippen molar-refractivity contribution in [3.63, 3.8) is 0 Å². The van der Waals surface area contributed by atoms with Crippen LogP contribution in [0.15, 0.2) is 0 Å². The number of aliphatic carboxylic acids is 1. The Kier molecular flexibility index (Phi) is 6.49. The van der Waals surface area contributed by atoms with Gasteiger partial charge in [0.05, 0.1) is 5.92 Å². The number of nitrogens with one attached hydrogen (secondary N) is 1. The molecule has 6 nitrogen and oxygen atoms in total. The van der Waals surface area contributed by atoms with E-state index in [-0.39, 0.29) is 5.92 Å². The number of hydrogen-bond acceptors (Lipinski definition) is 3. The van der Waals surface area contributed by atoms with E-state index in [1.165, 1.54) is 11.3 Å². The zero-order valence-electron chi connectivity index (χ0n) is 10.6. The van der Waals surface area contributed by atoms with E-state index in [0.717, 1.165) is 51.9 Å². The Morgan fingerprint density at radius 1 is 1.00 bits per heavy atom. The molecule has 2 saturated heterocycles. The Labute approximate surface area is 107 Å². The fourth-order valence-corrected chi connectivity index (χ4v) is 2.15. The second-order valence-electron chi connectivity index (χ2n) is 4.69. The summed E-state index contributed by atoms with van der Waals surface area (Å²) in [4.78, 5) is 22.1. The van der Waals surface area contributed by atoms with E-state index >= 15 is 0 Å². The Morgan fingerprint density at radius 3 is 1.89 bits per heavy atom. The number of amides is 1. The normalized spacial score (nSPS) is 20.8. The van der Waals surface area contributed by atoms with E-state index < -0.39 is 12.1 Å². The molecule has 0 bridgehead atoms. The van der Waals surface area contributed by atoms with Gasteiger partial charge < -0.3 is 20.4 Å². The molecule has 0 aromatic heterocycles. The molecule has 2 fully saturated rings. The number of likely N-dealkylation sites (tertiary alicyclic amines) is 1. The highest BCUT2D eigenvalue weighted by molar-refractivity contribution is 5.70. The number of carboxylic acids is 1. The van der Waals surface area contributed by atoms with Crippen molar-refractivity contribution in [2.75, 3.05) is 26.2 Å². The third kappa shape index (κ3) is 5.35. The molecule has 0 radical (unpaired) electrons. The average Bonchev–Trinajstić information content (AvgIpc) is 2.41. The molecular weight excluding hydrogens is 236 g/mol. The zero-order chi connectivity index (χ0) is 13.4. The van der Waals surface area contributed by atoms with Gasteiger partial charge in [-0.05, 0) is 45.2 Å². The van der Waals surface area contributed by atoms with Crippen molar-refractivity contribution in [1.29, 1.82) is 0 Å². The van der Waals surface area contributed by atoms with E-state index in [9.17, 15) is 9.59 Å². The first-order valence-corrected chi connectivity index (χ1v) is 6.52. The molecule has 1 amide bonds. The average molecular weight is 258 g/mol. The van der Waals surface area contributed by atoms with Gasteiger partial charge in [0.1, 0.15) is 0 Å². The first-order chi connectivity index (χ1) is 8.61. The maximum Gasteiger partial charge on any atom is 0.407 e. The summed E-state index contributed by atoms with van der Waals surface area (Å²) in [5.74, 6) is -0.734. The molecule has 0 atom stereocenters. The number of hydrogen-bond donors (Lipinski definition) is 3. The molecule has 0 saturated carbocycles. The number of rotatable bonds is 1. The zero-order valence-corrected chi connectivity index (χ0v) is 10.6. The van der Waals surface area contributed by atoms with Crippen LogP contribution in [-0.4, -0.2) is 53.4 Å². The highest BCUT2D eigenvalue weighted by atomic mass is 16.4. The van der Waals surface area contributed by atoms with Crippen molar-refractivity contribution >= 4 is 12.1 Å². The van der Waals surface area contributed by atoms with Gasteiger partial charge in [-0.3, -0.25) is 4.79 Å². The van der Waals surface area contributed by atoms with Crippen molar-refractivity contribution < 1.29 is 19.8 Å². The predicted octanol–water partition coefficient (Wildman–Crippen LogP) is 1.22. The first kappa shape index (κ1) is 14.8. The van der Waals surface area contributed by atoms with Gasteiger partial charge in [-0.15, -0.1) is 0 Å². The molecule has 2 rings (SSSR count). The van der Waals surface area contributed by atoms with Gasteiger partial charge in [-0.1, -0.05) is 0 Å². The monoisotopic (exact) mass is 258 g/mol. The van der Waals surface area contributed by atoms with Gasteiger partial charge in [0.25, 0.3) is 0 Å². The van der Waals surface area contributed by atoms with Crippen LogP contribution in [0.3, 0.4) is 0 Å². The highest BCUT2D eigenvalue weighted by Gasteiger charge is 2.19. The quantitative estimate of drug-likeness (QED) is 0.658. The van der Waals surface area contributed by atoms with Crippen LogP contribution < -0.4 is 5.32 Å². The van der Waals surface area contributed by atoms with Gasteiger partial charge in [-0.2, -0.15) is 0 Å². The standard InChI is InChI=1S/2C6H11NO2/c8-6(9)5-1-3-7-4-2-5;8-6(9)7-4-2-1-3-5-7/h5,7H,1-4H2,(H,8,9);1-5H2,(H,8,9). The molecular formula is C12H22N2O4. The maximum atomic E-state index is 10.3. The van der Waals surface area contributed by atoms with Crippen molar-refractivity contribution in [3.8, 4) is 0 Å². The summed E-state index contributed by atoms with van der Waals surface area (Å²) in [7, 11) is 0. The van der Waals surface area contributed by atoms with E-state index in [0.29, 0.717) is 0 Å². The SMILES string of the molecule is O=C(O)C1CCNCC1.O=C(O)N1CCCCC1. The third-order valence-corrected chi connectivity index (χ3v) is 3.31. The van der Waals surface area contributed by atoms with Crippen LogP contribution in [0.1, 0.15) is 32.1 Å². The fraction of sp³-hybridized carbons (Fsp3) is 0.833. The van der Waals surface area contributed by atoms with Crippen molar-refractivity contribution in [1.82, 2.24) is 10.2 Å². The molecule has 2 aliphatic heterocycles. The van der Waals surface area contributed by atoms with Crippen molar-refractivity contribution in [2.45, 2.75) is 32.1 Å². The number of carbonyl (C=O) groups is 2. The van der Waals surface area contributed by atoms with Crippen molar-refractivity contribution in [3.05, 3.63) is 0 Å². The molecule has 0 aromatic carbocycles. The van der Waals surface area contributed by atoms with E-state index in [4.69, 9.17) is 10.2 Å². The summed E-state index contributed by atoms with van der Waals surface area (Å²) in [6.45, 7) is 3.18. The fourth-order valence-electron chi connectivity index (χ4n) is 2.15. The molecule has 18 heavy (non-hydrogen) atoms. The molecule has 104 valence electrons. The van der Waals surface area contributed by atoms with Crippen molar-refractivity contribution in [2.24, 2.45) is 5.92 Å². The predicted molar refractivity (Wildman–Crippen MR) is 66.7 cm³/mol. The van der Waals surface area contributed by atoms with Gasteiger partial charge in [0.2, 0.25) is 0 Å². The molecule has 0 aliphatic carbocycles. The van der Waals surface area contributed by atoms with Gasteiger partial charge in [0, 0.05) is 13.1 Å². The summed E-state index contributed by atoms with van der Waals surface area (Å²) >= 11 is 0. The molecule has 2 aliphatic rings. The summed E-state index contributed by atoms with van der Waals surface area (Å²) in [6.07, 6.45) is 4.06. The lowest BCUT2D eigenvalue weighted by atomic mass is 9.99. The van der Waals surface area contributed by atoms with E-state index in [1.807, 2.05) is 0 Å². The maximum absolute atomic E-state index is 10.3. The van der Waals surface area contributed by atoms with Crippen LogP contribution in [0, 0.1) is 5.92 Å². The lowest BCUT2D eigenvalue weighted by Gasteiger charge is -2.22. The summed E-state index contributed by atoms with van der Waals surface area (Å²) in [6, 6.07) is 0. The van der Waals surface area contributed by atoms with Crippen LogP contribution in [0.2, 0.25) is 0 Å². The second-order valence-corrected chi connectivity index (χ2v) is 4.69. The molecule has 2 heterocycles. The Balaban J connectivity index is 0.000000180. The molecule has 6 heteroatoms. The number of nitrogens with zero attached hydrogens (tertiary/aromatic N) is 1. The van der Waals surface area contributed by atoms with Crippen LogP contribution in [0.25, 0.3) is 0 Å². The van der Waals surface area contributed by atoms with Gasteiger partial charge >= 0.3 is 12.1 Å². The van der Waals surface area contributed by atoms with Gasteiger partial charge in [0.15, 0.2) is 0 Å². The number of piperidine rings is 2. The van der Waals surface area contributed by atoms with Crippen LogP contribution >= 0.6 is 0 Å². The minimum atomic E-state index is -0.769. The number of carboxylic acid groups (broad SMARTS) is 2. The molecule has 0 spiro atoms. The first-order valence-electron chi connectivity index (χ1n) is 6.52. The van der Waals surface area contributed by atoms with E-state index in [1.54, 1.807) is 0 Å². The lowest BCUT2D eigenvalue weighted by Crippen LogP contribution is -2.34. The minimum absolute atomic E-state index is 0.0914. The topological polar surface area (TPSA) is 89.9 Å². The van der Waals surface area contributed by atoms with Crippen LogP contribution in [0.4, 0.5) is 4.79 Å². The summed E-state index contributed by atoms with van der Waals surface area (Å²) in [5, 5.41) is 20.1. The molecule has 3 N–H and O–H groups in total. The smallest absolute Gasteiger partial charge is 0.407 e. The largest absolute Gasteiger partial charge is 0.481 e. The second kappa shape index (κ2) is 7.92. The Hall–Kier alpha value is -1.30. The molecule has 0 aromatic rings. The van der Waals surface area contributed by atoms with E-state index in [2.05, 4.69) is 5.32 Å². The van der Waals surface area contributed by atoms with Gasteiger partial charge in [-0.25, -0.2) is 4.79 Å². The lowest BCUT2D eigenvalue weighted by molar-refractivity contribution is -0.142.